The van der Waals surface area contributed by atoms with Crippen molar-refractivity contribution < 1.29 is 27.4 Å². The highest BCUT2D eigenvalue weighted by Gasteiger charge is 2.35. The fourth-order valence-corrected chi connectivity index (χ4v) is 6.54. The zero-order valence-corrected chi connectivity index (χ0v) is 21.6. The van der Waals surface area contributed by atoms with E-state index in [2.05, 4.69) is 10.1 Å². The third-order valence-corrected chi connectivity index (χ3v) is 8.51. The van der Waals surface area contributed by atoms with Crippen molar-refractivity contribution in [3.05, 3.63) is 57.5 Å². The second-order valence-electron chi connectivity index (χ2n) is 9.48. The van der Waals surface area contributed by atoms with Gasteiger partial charge in [-0.2, -0.15) is 19.4 Å². The van der Waals surface area contributed by atoms with E-state index in [9.17, 15) is 27.5 Å². The molecule has 0 aliphatic carbocycles. The fourth-order valence-electron chi connectivity index (χ4n) is 4.44. The molecule has 0 unspecified atom stereocenters. The standard InChI is InChI=1S/C24H28ClF2N3O5S/c1-14(2)29-20-18(30(23(29)32)15-5-4-6-16(13-15)35-22(26)27)8-7-17(19(20)25)21(31)28-24(3)9-11-36(33,34)12-10-24/h4-8,13-14,22,33-34H,9-12H2,1-3H3,(H,28,31). The Bertz CT molecular complexity index is 1360. The van der Waals surface area contributed by atoms with Gasteiger partial charge in [0.25, 0.3) is 5.91 Å². The molecule has 0 atom stereocenters. The Morgan fingerprint density at radius 2 is 1.86 bits per heavy atom. The van der Waals surface area contributed by atoms with Crippen LogP contribution in [0.5, 0.6) is 5.75 Å². The van der Waals surface area contributed by atoms with E-state index < -0.39 is 34.3 Å². The molecule has 8 nitrogen and oxygen atoms in total. The first-order valence-corrected chi connectivity index (χ1v) is 13.6. The number of nitrogens with one attached hydrogen (secondary N) is 1. The van der Waals surface area contributed by atoms with E-state index >= 15 is 0 Å². The molecule has 0 radical (unpaired) electrons. The van der Waals surface area contributed by atoms with Crippen molar-refractivity contribution in [2.45, 2.75) is 51.8 Å². The number of carbonyl (C=O) groups is 1. The number of halogens is 3. The SMILES string of the molecule is CC(C)n1c(=O)n(-c2cccc(OC(F)F)c2)c2ccc(C(=O)NC3(C)CCS(O)(O)CC3)c(Cl)c21. The van der Waals surface area contributed by atoms with Gasteiger partial charge in [0.2, 0.25) is 0 Å². The lowest BCUT2D eigenvalue weighted by molar-refractivity contribution is -0.0498. The monoisotopic (exact) mass is 543 g/mol. The van der Waals surface area contributed by atoms with Crippen molar-refractivity contribution >= 4 is 39.1 Å². The van der Waals surface area contributed by atoms with Crippen LogP contribution in [-0.4, -0.2) is 47.8 Å². The molecule has 1 fully saturated rings. The van der Waals surface area contributed by atoms with E-state index in [0.717, 1.165) is 0 Å². The number of benzene rings is 2. The first kappa shape index (κ1) is 26.5. The third kappa shape index (κ3) is 5.10. The van der Waals surface area contributed by atoms with Gasteiger partial charge in [-0.15, -0.1) is 0 Å². The molecule has 2 aromatic carbocycles. The van der Waals surface area contributed by atoms with Gasteiger partial charge >= 0.3 is 12.3 Å². The van der Waals surface area contributed by atoms with Crippen molar-refractivity contribution in [1.29, 1.82) is 0 Å². The number of aromatic nitrogens is 2. The summed E-state index contributed by atoms with van der Waals surface area (Å²) in [6, 6.07) is 8.58. The summed E-state index contributed by atoms with van der Waals surface area (Å²) >= 11 is 6.73. The van der Waals surface area contributed by atoms with Crippen LogP contribution in [0.3, 0.4) is 0 Å². The third-order valence-electron chi connectivity index (χ3n) is 6.41. The van der Waals surface area contributed by atoms with Crippen LogP contribution in [0, 0.1) is 0 Å². The average molecular weight is 544 g/mol. The molecule has 36 heavy (non-hydrogen) atoms. The van der Waals surface area contributed by atoms with Gasteiger partial charge in [0.1, 0.15) is 5.75 Å². The molecule has 196 valence electrons. The minimum Gasteiger partial charge on any atom is -0.435 e. The number of carbonyl (C=O) groups excluding carboxylic acids is 1. The highest BCUT2D eigenvalue weighted by Crippen LogP contribution is 2.47. The largest absolute Gasteiger partial charge is 0.435 e. The summed E-state index contributed by atoms with van der Waals surface area (Å²) in [4.78, 5) is 26.7. The maximum absolute atomic E-state index is 13.5. The molecule has 3 N–H and O–H groups in total. The number of hydrogen-bond donors (Lipinski definition) is 3. The zero-order valence-electron chi connectivity index (χ0n) is 20.0. The molecule has 0 bridgehead atoms. The van der Waals surface area contributed by atoms with Crippen molar-refractivity contribution in [3.63, 3.8) is 0 Å². The Morgan fingerprint density at radius 3 is 2.47 bits per heavy atom. The molecule has 4 rings (SSSR count). The van der Waals surface area contributed by atoms with Gasteiger partial charge in [0, 0.05) is 29.2 Å². The lowest BCUT2D eigenvalue weighted by Gasteiger charge is -2.44. The molecule has 1 aliphatic rings. The summed E-state index contributed by atoms with van der Waals surface area (Å²) in [6.07, 6.45) is 0.816. The van der Waals surface area contributed by atoms with Gasteiger partial charge in [-0.1, -0.05) is 17.7 Å². The average Bonchev–Trinajstić information content (AvgIpc) is 3.09. The Morgan fingerprint density at radius 1 is 1.19 bits per heavy atom. The molecule has 1 saturated heterocycles. The van der Waals surface area contributed by atoms with Gasteiger partial charge in [0.15, 0.2) is 0 Å². The predicted octanol–water partition coefficient (Wildman–Crippen LogP) is 5.66. The van der Waals surface area contributed by atoms with Crippen molar-refractivity contribution in [1.82, 2.24) is 14.5 Å². The van der Waals surface area contributed by atoms with Crippen LogP contribution in [0.1, 0.15) is 50.0 Å². The number of rotatable bonds is 6. The lowest BCUT2D eigenvalue weighted by Crippen LogP contribution is -2.50. The van der Waals surface area contributed by atoms with Gasteiger partial charge in [0.05, 0.1) is 27.3 Å². The summed E-state index contributed by atoms with van der Waals surface area (Å²) in [5, 5.41) is 3.05. The Hall–Kier alpha value is -2.60. The fraction of sp³-hybridized carbons (Fsp3) is 0.417. The first-order valence-electron chi connectivity index (χ1n) is 11.4. The van der Waals surface area contributed by atoms with E-state index in [1.54, 1.807) is 26.0 Å². The summed E-state index contributed by atoms with van der Waals surface area (Å²) < 4.78 is 52.6. The second-order valence-corrected chi connectivity index (χ2v) is 12.3. The van der Waals surface area contributed by atoms with Crippen LogP contribution in [0.15, 0.2) is 41.2 Å². The Kier molecular flexibility index (Phi) is 7.13. The lowest BCUT2D eigenvalue weighted by atomic mass is 9.94. The molecule has 3 aromatic rings. The number of alkyl halides is 2. The van der Waals surface area contributed by atoms with Crippen molar-refractivity contribution in [2.75, 3.05) is 11.5 Å². The highest BCUT2D eigenvalue weighted by atomic mass is 35.5. The molecular weight excluding hydrogens is 516 g/mol. The Balaban J connectivity index is 1.78. The molecule has 1 amide bonds. The molecular formula is C24H28ClF2N3O5S. The van der Waals surface area contributed by atoms with Crippen LogP contribution >= 0.6 is 22.2 Å². The maximum Gasteiger partial charge on any atom is 0.387 e. The van der Waals surface area contributed by atoms with E-state index in [1.165, 1.54) is 33.4 Å². The van der Waals surface area contributed by atoms with Crippen molar-refractivity contribution in [3.8, 4) is 11.4 Å². The van der Waals surface area contributed by atoms with Crippen LogP contribution in [0.2, 0.25) is 5.02 Å². The van der Waals surface area contributed by atoms with E-state index in [-0.39, 0.29) is 33.9 Å². The van der Waals surface area contributed by atoms with Crippen LogP contribution in [-0.2, 0) is 0 Å². The predicted molar refractivity (Wildman–Crippen MR) is 137 cm³/mol. The molecule has 2 heterocycles. The number of hydrogen-bond acceptors (Lipinski definition) is 5. The van der Waals surface area contributed by atoms with E-state index in [4.69, 9.17) is 11.6 Å². The topological polar surface area (TPSA) is 106 Å². The summed E-state index contributed by atoms with van der Waals surface area (Å²) in [6.45, 7) is 2.43. The number of imidazole rings is 1. The van der Waals surface area contributed by atoms with Crippen LogP contribution < -0.4 is 15.7 Å². The normalized spacial score (nSPS) is 17.9. The second kappa shape index (κ2) is 9.70. The van der Waals surface area contributed by atoms with Crippen LogP contribution in [0.25, 0.3) is 16.7 Å². The molecule has 12 heteroatoms. The minimum atomic E-state index is -3.01. The highest BCUT2D eigenvalue weighted by molar-refractivity contribution is 8.24. The maximum atomic E-state index is 13.5. The summed E-state index contributed by atoms with van der Waals surface area (Å²) in [5.74, 6) is -0.119. The number of nitrogens with zero attached hydrogens (tertiary/aromatic N) is 2. The van der Waals surface area contributed by atoms with Gasteiger partial charge in [-0.25, -0.2) is 4.79 Å². The molecule has 0 saturated carbocycles. The summed E-state index contributed by atoms with van der Waals surface area (Å²) in [7, 11) is -2.61. The number of ether oxygens (including phenoxy) is 1. The van der Waals surface area contributed by atoms with Crippen LogP contribution in [0.4, 0.5) is 8.78 Å². The van der Waals surface area contributed by atoms with Gasteiger partial charge < -0.3 is 10.1 Å². The molecule has 0 spiro atoms. The first-order chi connectivity index (χ1) is 16.8. The minimum absolute atomic E-state index is 0.0817. The van der Waals surface area contributed by atoms with E-state index in [0.29, 0.717) is 29.6 Å². The number of amides is 1. The zero-order chi connectivity index (χ0) is 26.4. The quantitative estimate of drug-likeness (QED) is 0.372. The van der Waals surface area contributed by atoms with Gasteiger partial charge in [-0.3, -0.25) is 23.0 Å². The molecule has 1 aromatic heterocycles. The van der Waals surface area contributed by atoms with E-state index in [1.807, 2.05) is 6.92 Å². The number of fused-ring (bicyclic) bond motifs is 1. The smallest absolute Gasteiger partial charge is 0.387 e. The van der Waals surface area contributed by atoms with Gasteiger partial charge in [-0.05, 0) is 57.9 Å². The Labute approximate surface area is 213 Å². The van der Waals surface area contributed by atoms with Crippen molar-refractivity contribution in [2.24, 2.45) is 0 Å². The summed E-state index contributed by atoms with van der Waals surface area (Å²) in [5.41, 5.74) is 0.146. The molecule has 1 aliphatic heterocycles.